The highest BCUT2D eigenvalue weighted by Crippen LogP contribution is 2.23. The van der Waals surface area contributed by atoms with Gasteiger partial charge >= 0.3 is 5.97 Å². The smallest absolute Gasteiger partial charge is 0.336 e. The van der Waals surface area contributed by atoms with Gasteiger partial charge in [-0.15, -0.1) is 0 Å². The minimum Gasteiger partial charge on any atom is -0.497 e. The van der Waals surface area contributed by atoms with Gasteiger partial charge in [0.15, 0.2) is 0 Å². The van der Waals surface area contributed by atoms with Crippen LogP contribution in [0.15, 0.2) is 72.8 Å². The van der Waals surface area contributed by atoms with E-state index in [-0.39, 0.29) is 5.57 Å². The van der Waals surface area contributed by atoms with Gasteiger partial charge in [-0.25, -0.2) is 4.79 Å². The molecule has 4 nitrogen and oxygen atoms in total. The first-order chi connectivity index (χ1) is 13.5. The topological polar surface area (TPSA) is 55.8 Å². The Labute approximate surface area is 164 Å². The SMILES string of the molecule is COc1ccc(/C(=C/c2ccc(OCc3ccc(C)cc3)cc2)C(=O)O)cc1. The van der Waals surface area contributed by atoms with Crippen molar-refractivity contribution >= 4 is 17.6 Å². The number of methoxy groups -OCH3 is 1. The molecule has 0 amide bonds. The number of rotatable bonds is 7. The summed E-state index contributed by atoms with van der Waals surface area (Å²) in [6, 6.07) is 22.5. The molecule has 0 fully saturated rings. The van der Waals surface area contributed by atoms with E-state index < -0.39 is 5.97 Å². The summed E-state index contributed by atoms with van der Waals surface area (Å²) in [6.07, 6.45) is 1.65. The van der Waals surface area contributed by atoms with Crippen molar-refractivity contribution in [3.05, 3.63) is 95.1 Å². The fraction of sp³-hybridized carbons (Fsp3) is 0.125. The average molecular weight is 374 g/mol. The number of carboxylic acids is 1. The molecule has 4 heteroatoms. The van der Waals surface area contributed by atoms with Crippen molar-refractivity contribution in [3.8, 4) is 11.5 Å². The zero-order chi connectivity index (χ0) is 19.9. The number of carbonyl (C=O) groups is 1. The van der Waals surface area contributed by atoms with Crippen LogP contribution in [0.3, 0.4) is 0 Å². The fourth-order valence-electron chi connectivity index (χ4n) is 2.72. The molecule has 3 rings (SSSR count). The third-order valence-electron chi connectivity index (χ3n) is 4.35. The van der Waals surface area contributed by atoms with Crippen LogP contribution in [-0.4, -0.2) is 18.2 Å². The van der Waals surface area contributed by atoms with E-state index in [0.29, 0.717) is 17.9 Å². The largest absolute Gasteiger partial charge is 0.497 e. The molecule has 0 saturated heterocycles. The normalized spacial score (nSPS) is 11.1. The molecule has 0 aliphatic rings. The van der Waals surface area contributed by atoms with Crippen LogP contribution in [0, 0.1) is 6.92 Å². The van der Waals surface area contributed by atoms with Gasteiger partial charge in [0.25, 0.3) is 0 Å². The Balaban J connectivity index is 1.72. The number of aliphatic carboxylic acids is 1. The van der Waals surface area contributed by atoms with E-state index in [1.165, 1.54) is 5.56 Å². The molecule has 0 spiro atoms. The van der Waals surface area contributed by atoms with Gasteiger partial charge in [0.2, 0.25) is 0 Å². The van der Waals surface area contributed by atoms with E-state index in [1.807, 2.05) is 43.3 Å². The van der Waals surface area contributed by atoms with E-state index in [2.05, 4.69) is 12.1 Å². The molecule has 0 aliphatic heterocycles. The lowest BCUT2D eigenvalue weighted by Crippen LogP contribution is -2.00. The Morgan fingerprint density at radius 3 is 2.07 bits per heavy atom. The van der Waals surface area contributed by atoms with Crippen LogP contribution in [-0.2, 0) is 11.4 Å². The molecule has 3 aromatic carbocycles. The number of aryl methyl sites for hydroxylation is 1. The van der Waals surface area contributed by atoms with Crippen LogP contribution in [0.25, 0.3) is 11.6 Å². The highest BCUT2D eigenvalue weighted by atomic mass is 16.5. The first-order valence-electron chi connectivity index (χ1n) is 8.93. The summed E-state index contributed by atoms with van der Waals surface area (Å²) in [5, 5.41) is 9.57. The molecular weight excluding hydrogens is 352 g/mol. The zero-order valence-electron chi connectivity index (χ0n) is 15.9. The standard InChI is InChI=1S/C24H22O4/c1-17-3-5-19(6-4-17)16-28-22-11-7-18(8-12-22)15-23(24(25)26)20-9-13-21(27-2)14-10-20/h3-15H,16H2,1-2H3,(H,25,26)/b23-15-. The second-order valence-corrected chi connectivity index (χ2v) is 6.43. The summed E-state index contributed by atoms with van der Waals surface area (Å²) in [7, 11) is 1.57. The van der Waals surface area contributed by atoms with Crippen LogP contribution in [0.1, 0.15) is 22.3 Å². The van der Waals surface area contributed by atoms with Crippen molar-refractivity contribution < 1.29 is 19.4 Å². The third-order valence-corrected chi connectivity index (χ3v) is 4.35. The summed E-state index contributed by atoms with van der Waals surface area (Å²) in [5.41, 5.74) is 3.94. The number of benzene rings is 3. The van der Waals surface area contributed by atoms with Gasteiger partial charge in [-0.05, 0) is 54.0 Å². The lowest BCUT2D eigenvalue weighted by Gasteiger charge is -2.08. The molecular formula is C24H22O4. The molecule has 1 N–H and O–H groups in total. The third kappa shape index (κ3) is 5.01. The molecule has 0 atom stereocenters. The first-order valence-corrected chi connectivity index (χ1v) is 8.93. The minimum absolute atomic E-state index is 0.218. The summed E-state index contributed by atoms with van der Waals surface area (Å²) in [5.74, 6) is 0.437. The van der Waals surface area contributed by atoms with E-state index in [9.17, 15) is 9.90 Å². The van der Waals surface area contributed by atoms with Crippen molar-refractivity contribution in [1.82, 2.24) is 0 Å². The van der Waals surface area contributed by atoms with Crippen molar-refractivity contribution in [2.75, 3.05) is 7.11 Å². The molecule has 0 radical (unpaired) electrons. The van der Waals surface area contributed by atoms with Gasteiger partial charge in [-0.2, -0.15) is 0 Å². The minimum atomic E-state index is -0.982. The van der Waals surface area contributed by atoms with Gasteiger partial charge in [-0.1, -0.05) is 54.1 Å². The molecule has 0 bridgehead atoms. The van der Waals surface area contributed by atoms with Crippen molar-refractivity contribution in [2.45, 2.75) is 13.5 Å². The predicted molar refractivity (Wildman–Crippen MR) is 110 cm³/mol. The summed E-state index contributed by atoms with van der Waals surface area (Å²) >= 11 is 0. The molecule has 0 aromatic heterocycles. The van der Waals surface area contributed by atoms with Crippen LogP contribution in [0.5, 0.6) is 11.5 Å². The second-order valence-electron chi connectivity index (χ2n) is 6.43. The molecule has 28 heavy (non-hydrogen) atoms. The van der Waals surface area contributed by atoms with Gasteiger partial charge in [-0.3, -0.25) is 0 Å². The number of ether oxygens (including phenoxy) is 2. The molecule has 0 unspecified atom stereocenters. The lowest BCUT2D eigenvalue weighted by molar-refractivity contribution is -0.130. The fourth-order valence-corrected chi connectivity index (χ4v) is 2.72. The first kappa shape index (κ1) is 19.2. The summed E-state index contributed by atoms with van der Waals surface area (Å²) < 4.78 is 10.9. The highest BCUT2D eigenvalue weighted by molar-refractivity contribution is 6.20. The Morgan fingerprint density at radius 2 is 1.50 bits per heavy atom. The van der Waals surface area contributed by atoms with Gasteiger partial charge in [0.05, 0.1) is 12.7 Å². The average Bonchev–Trinajstić information content (AvgIpc) is 2.72. The van der Waals surface area contributed by atoms with Gasteiger partial charge in [0.1, 0.15) is 18.1 Å². The van der Waals surface area contributed by atoms with Crippen LogP contribution < -0.4 is 9.47 Å². The maximum absolute atomic E-state index is 11.7. The van der Waals surface area contributed by atoms with E-state index in [1.54, 1.807) is 37.5 Å². The molecule has 3 aromatic rings. The molecule has 0 saturated carbocycles. The quantitative estimate of drug-likeness (QED) is 0.456. The van der Waals surface area contributed by atoms with Gasteiger partial charge < -0.3 is 14.6 Å². The number of hydrogen-bond donors (Lipinski definition) is 1. The molecule has 0 heterocycles. The van der Waals surface area contributed by atoms with Crippen LogP contribution in [0.4, 0.5) is 0 Å². The predicted octanol–water partition coefficient (Wildman–Crippen LogP) is 5.21. The van der Waals surface area contributed by atoms with E-state index >= 15 is 0 Å². The Hall–Kier alpha value is -3.53. The zero-order valence-corrected chi connectivity index (χ0v) is 15.9. The number of carboxylic acid groups (broad SMARTS) is 1. The Bertz CT molecular complexity index is 953. The summed E-state index contributed by atoms with van der Waals surface area (Å²) in [6.45, 7) is 2.54. The summed E-state index contributed by atoms with van der Waals surface area (Å²) in [4.78, 5) is 11.7. The number of hydrogen-bond acceptors (Lipinski definition) is 3. The van der Waals surface area contributed by atoms with Crippen LogP contribution in [0.2, 0.25) is 0 Å². The van der Waals surface area contributed by atoms with Crippen molar-refractivity contribution in [2.24, 2.45) is 0 Å². The lowest BCUT2D eigenvalue weighted by atomic mass is 10.0. The highest BCUT2D eigenvalue weighted by Gasteiger charge is 2.10. The van der Waals surface area contributed by atoms with Crippen molar-refractivity contribution in [3.63, 3.8) is 0 Å². The van der Waals surface area contributed by atoms with Crippen LogP contribution >= 0.6 is 0 Å². The van der Waals surface area contributed by atoms with E-state index in [0.717, 1.165) is 16.9 Å². The maximum atomic E-state index is 11.7. The Kier molecular flexibility index (Phi) is 6.12. The maximum Gasteiger partial charge on any atom is 0.336 e. The molecule has 0 aliphatic carbocycles. The van der Waals surface area contributed by atoms with E-state index in [4.69, 9.17) is 9.47 Å². The monoisotopic (exact) mass is 374 g/mol. The Morgan fingerprint density at radius 1 is 0.893 bits per heavy atom. The molecule has 142 valence electrons. The second kappa shape index (κ2) is 8.91. The van der Waals surface area contributed by atoms with Gasteiger partial charge in [0, 0.05) is 0 Å². The van der Waals surface area contributed by atoms with Crippen molar-refractivity contribution in [1.29, 1.82) is 0 Å².